The molecule has 4 heteroatoms. The highest BCUT2D eigenvalue weighted by Crippen LogP contribution is 2.14. The Morgan fingerprint density at radius 2 is 2.41 bits per heavy atom. The van der Waals surface area contributed by atoms with Crippen molar-refractivity contribution in [2.45, 2.75) is 19.4 Å². The molecule has 3 N–H and O–H groups in total. The van der Waals surface area contributed by atoms with Crippen molar-refractivity contribution in [2.75, 3.05) is 12.3 Å². The standard InChI is InChI=1S/C13H18N2O2/c1-3-10(2)15-13(16)7-8-17-12-6-4-5-11(14)9-12/h3-6,9-10H,1,7-8,14H2,2H3,(H,15,16). The molecular formula is C13H18N2O2. The van der Waals surface area contributed by atoms with Crippen molar-refractivity contribution in [1.29, 1.82) is 0 Å². The van der Waals surface area contributed by atoms with Crippen LogP contribution in [0, 0.1) is 0 Å². The summed E-state index contributed by atoms with van der Waals surface area (Å²) in [5.41, 5.74) is 6.25. The molecule has 1 rings (SSSR count). The van der Waals surface area contributed by atoms with E-state index >= 15 is 0 Å². The van der Waals surface area contributed by atoms with Crippen molar-refractivity contribution < 1.29 is 9.53 Å². The maximum absolute atomic E-state index is 11.4. The van der Waals surface area contributed by atoms with Crippen LogP contribution in [-0.2, 0) is 4.79 Å². The second-order valence-corrected chi connectivity index (χ2v) is 3.76. The quantitative estimate of drug-likeness (QED) is 0.582. The first-order valence-electron chi connectivity index (χ1n) is 5.52. The summed E-state index contributed by atoms with van der Waals surface area (Å²) in [7, 11) is 0. The van der Waals surface area contributed by atoms with Gasteiger partial charge in [-0.25, -0.2) is 0 Å². The van der Waals surface area contributed by atoms with Gasteiger partial charge in [-0.2, -0.15) is 0 Å². The Morgan fingerprint density at radius 1 is 1.65 bits per heavy atom. The number of hydrogen-bond donors (Lipinski definition) is 2. The van der Waals surface area contributed by atoms with Gasteiger partial charge >= 0.3 is 0 Å². The third-order valence-corrected chi connectivity index (χ3v) is 2.20. The Bertz CT molecular complexity index is 391. The smallest absolute Gasteiger partial charge is 0.223 e. The molecule has 0 spiro atoms. The highest BCUT2D eigenvalue weighted by Gasteiger charge is 2.04. The van der Waals surface area contributed by atoms with E-state index in [1.807, 2.05) is 13.0 Å². The highest BCUT2D eigenvalue weighted by molar-refractivity contribution is 5.76. The molecule has 1 atom stereocenters. The lowest BCUT2D eigenvalue weighted by atomic mass is 10.3. The highest BCUT2D eigenvalue weighted by atomic mass is 16.5. The number of nitrogens with two attached hydrogens (primary N) is 1. The fourth-order valence-electron chi connectivity index (χ4n) is 1.25. The Hall–Kier alpha value is -1.97. The third-order valence-electron chi connectivity index (χ3n) is 2.20. The van der Waals surface area contributed by atoms with Gasteiger partial charge in [0.15, 0.2) is 0 Å². The zero-order valence-electron chi connectivity index (χ0n) is 9.98. The summed E-state index contributed by atoms with van der Waals surface area (Å²) >= 11 is 0. The molecule has 0 heterocycles. The van der Waals surface area contributed by atoms with Crippen LogP contribution in [0.15, 0.2) is 36.9 Å². The molecule has 1 amide bonds. The van der Waals surface area contributed by atoms with Crippen LogP contribution in [-0.4, -0.2) is 18.6 Å². The van der Waals surface area contributed by atoms with Crippen LogP contribution in [0.4, 0.5) is 5.69 Å². The van der Waals surface area contributed by atoms with Crippen molar-refractivity contribution in [3.8, 4) is 5.75 Å². The molecule has 0 radical (unpaired) electrons. The summed E-state index contributed by atoms with van der Waals surface area (Å²) in [6.07, 6.45) is 1.99. The zero-order chi connectivity index (χ0) is 12.7. The van der Waals surface area contributed by atoms with E-state index in [1.54, 1.807) is 24.3 Å². The number of benzene rings is 1. The minimum atomic E-state index is -0.0543. The molecule has 0 saturated carbocycles. The third kappa shape index (κ3) is 5.06. The fraction of sp³-hybridized carbons (Fsp3) is 0.308. The van der Waals surface area contributed by atoms with Gasteiger partial charge in [0.05, 0.1) is 13.0 Å². The number of carbonyl (C=O) groups is 1. The fourth-order valence-corrected chi connectivity index (χ4v) is 1.25. The lowest BCUT2D eigenvalue weighted by Gasteiger charge is -2.10. The van der Waals surface area contributed by atoms with Gasteiger partial charge in [-0.15, -0.1) is 6.58 Å². The molecule has 0 aliphatic heterocycles. The SMILES string of the molecule is C=CC(C)NC(=O)CCOc1cccc(N)c1. The summed E-state index contributed by atoms with van der Waals surface area (Å²) in [4.78, 5) is 11.4. The minimum Gasteiger partial charge on any atom is -0.493 e. The van der Waals surface area contributed by atoms with E-state index in [9.17, 15) is 4.79 Å². The zero-order valence-corrected chi connectivity index (χ0v) is 9.98. The number of carbonyl (C=O) groups excluding carboxylic acids is 1. The van der Waals surface area contributed by atoms with E-state index in [4.69, 9.17) is 10.5 Å². The van der Waals surface area contributed by atoms with Gasteiger partial charge in [0.25, 0.3) is 0 Å². The van der Waals surface area contributed by atoms with Crippen molar-refractivity contribution >= 4 is 11.6 Å². The van der Waals surface area contributed by atoms with E-state index in [0.717, 1.165) is 0 Å². The Kier molecular flexibility index (Phi) is 5.07. The van der Waals surface area contributed by atoms with E-state index in [1.165, 1.54) is 0 Å². The molecule has 17 heavy (non-hydrogen) atoms. The van der Waals surface area contributed by atoms with Crippen molar-refractivity contribution in [3.63, 3.8) is 0 Å². The van der Waals surface area contributed by atoms with Crippen LogP contribution < -0.4 is 15.8 Å². The molecule has 0 saturated heterocycles. The second kappa shape index (κ2) is 6.58. The first-order chi connectivity index (χ1) is 8.11. The largest absolute Gasteiger partial charge is 0.493 e. The lowest BCUT2D eigenvalue weighted by molar-refractivity contribution is -0.121. The summed E-state index contributed by atoms with van der Waals surface area (Å²) in [6, 6.07) is 7.11. The number of ether oxygens (including phenoxy) is 1. The molecule has 4 nitrogen and oxygen atoms in total. The number of hydrogen-bond acceptors (Lipinski definition) is 3. The first-order valence-corrected chi connectivity index (χ1v) is 5.52. The van der Waals surface area contributed by atoms with Crippen LogP contribution >= 0.6 is 0 Å². The van der Waals surface area contributed by atoms with Crippen LogP contribution in [0.2, 0.25) is 0 Å². The molecule has 0 aromatic heterocycles. The maximum atomic E-state index is 11.4. The normalized spacial score (nSPS) is 11.6. The van der Waals surface area contributed by atoms with Crippen LogP contribution in [0.1, 0.15) is 13.3 Å². The summed E-state index contributed by atoms with van der Waals surface area (Å²) in [5.74, 6) is 0.621. The number of rotatable bonds is 6. The van der Waals surface area contributed by atoms with Gasteiger partial charge in [-0.05, 0) is 19.1 Å². The van der Waals surface area contributed by atoms with Crippen molar-refractivity contribution in [1.82, 2.24) is 5.32 Å². The predicted octanol–water partition coefficient (Wildman–Crippen LogP) is 1.73. The maximum Gasteiger partial charge on any atom is 0.223 e. The molecule has 1 aromatic rings. The molecule has 1 unspecified atom stereocenters. The molecule has 0 aliphatic carbocycles. The monoisotopic (exact) mass is 234 g/mol. The number of amides is 1. The summed E-state index contributed by atoms with van der Waals surface area (Å²) in [5, 5.41) is 2.77. The lowest BCUT2D eigenvalue weighted by Crippen LogP contribution is -2.31. The molecule has 0 bridgehead atoms. The van der Waals surface area contributed by atoms with Gasteiger partial charge in [0.2, 0.25) is 5.91 Å². The molecule has 0 fully saturated rings. The van der Waals surface area contributed by atoms with E-state index in [0.29, 0.717) is 24.5 Å². The molecule has 92 valence electrons. The first kappa shape index (κ1) is 13.1. The minimum absolute atomic E-state index is 0.0186. The molecule has 1 aromatic carbocycles. The van der Waals surface area contributed by atoms with Gasteiger partial charge in [0.1, 0.15) is 5.75 Å². The Balaban J connectivity index is 2.28. The van der Waals surface area contributed by atoms with Crippen LogP contribution in [0.3, 0.4) is 0 Å². The van der Waals surface area contributed by atoms with Gasteiger partial charge in [-0.3, -0.25) is 4.79 Å². The average molecular weight is 234 g/mol. The Labute approximate surface area is 101 Å². The van der Waals surface area contributed by atoms with Gasteiger partial charge in [-0.1, -0.05) is 12.1 Å². The van der Waals surface area contributed by atoms with E-state index < -0.39 is 0 Å². The predicted molar refractivity (Wildman–Crippen MR) is 68.8 cm³/mol. The number of anilines is 1. The topological polar surface area (TPSA) is 64.3 Å². The van der Waals surface area contributed by atoms with E-state index in [-0.39, 0.29) is 11.9 Å². The number of nitrogen functional groups attached to an aromatic ring is 1. The average Bonchev–Trinajstić information content (AvgIpc) is 2.29. The van der Waals surface area contributed by atoms with Crippen LogP contribution in [0.25, 0.3) is 0 Å². The summed E-state index contributed by atoms with van der Waals surface area (Å²) in [6.45, 7) is 5.79. The summed E-state index contributed by atoms with van der Waals surface area (Å²) < 4.78 is 5.41. The van der Waals surface area contributed by atoms with E-state index in [2.05, 4.69) is 11.9 Å². The Morgan fingerprint density at radius 3 is 3.06 bits per heavy atom. The van der Waals surface area contributed by atoms with Gasteiger partial charge < -0.3 is 15.8 Å². The van der Waals surface area contributed by atoms with Crippen molar-refractivity contribution in [2.24, 2.45) is 0 Å². The second-order valence-electron chi connectivity index (χ2n) is 3.76. The number of nitrogens with one attached hydrogen (secondary N) is 1. The van der Waals surface area contributed by atoms with Crippen molar-refractivity contribution in [3.05, 3.63) is 36.9 Å². The molecular weight excluding hydrogens is 216 g/mol. The van der Waals surface area contributed by atoms with Gasteiger partial charge in [0, 0.05) is 17.8 Å². The molecule has 0 aliphatic rings. The van der Waals surface area contributed by atoms with Crippen LogP contribution in [0.5, 0.6) is 5.75 Å².